The molecule has 4 rings (SSSR count). The molecule has 1 heterocycles. The van der Waals surface area contributed by atoms with E-state index in [0.717, 1.165) is 57.0 Å². The Morgan fingerprint density at radius 3 is 2.28 bits per heavy atom. The first-order valence-corrected chi connectivity index (χ1v) is 11.0. The SMILES string of the molecule is Cl.Cl.NC1C2CCCC1CC(C(=O)N1CCCN(Cc3ccc(Cl)cc3)CC1)C2. The lowest BCUT2D eigenvalue weighted by Crippen LogP contribution is -2.50. The van der Waals surface area contributed by atoms with Gasteiger partial charge < -0.3 is 10.6 Å². The second-order valence-electron chi connectivity index (χ2n) is 8.78. The quantitative estimate of drug-likeness (QED) is 0.725. The molecule has 2 atom stereocenters. The largest absolute Gasteiger partial charge is 0.341 e. The normalized spacial score (nSPS) is 29.9. The van der Waals surface area contributed by atoms with Gasteiger partial charge in [0.25, 0.3) is 0 Å². The Labute approximate surface area is 192 Å². The Morgan fingerprint density at radius 1 is 0.966 bits per heavy atom. The minimum atomic E-state index is 0. The van der Waals surface area contributed by atoms with Crippen molar-refractivity contribution in [1.82, 2.24) is 9.80 Å². The zero-order chi connectivity index (χ0) is 18.8. The summed E-state index contributed by atoms with van der Waals surface area (Å²) in [5.41, 5.74) is 7.70. The lowest BCUT2D eigenvalue weighted by atomic mass is 9.65. The second-order valence-corrected chi connectivity index (χ2v) is 9.21. The summed E-state index contributed by atoms with van der Waals surface area (Å²) in [6.45, 7) is 4.68. The summed E-state index contributed by atoms with van der Waals surface area (Å²) in [5.74, 6) is 1.75. The van der Waals surface area contributed by atoms with Crippen LogP contribution in [0.2, 0.25) is 5.02 Å². The van der Waals surface area contributed by atoms with Crippen molar-refractivity contribution in [2.45, 2.75) is 51.1 Å². The third-order valence-electron chi connectivity index (χ3n) is 6.98. The van der Waals surface area contributed by atoms with E-state index in [-0.39, 0.29) is 30.7 Å². The highest BCUT2D eigenvalue weighted by Gasteiger charge is 2.41. The van der Waals surface area contributed by atoms with Crippen molar-refractivity contribution in [1.29, 1.82) is 0 Å². The van der Waals surface area contributed by atoms with E-state index in [1.165, 1.54) is 24.8 Å². The number of hydrogen-bond donors (Lipinski definition) is 1. The fourth-order valence-electron chi connectivity index (χ4n) is 5.45. The van der Waals surface area contributed by atoms with E-state index in [4.69, 9.17) is 17.3 Å². The molecule has 0 spiro atoms. The zero-order valence-electron chi connectivity index (χ0n) is 17.0. The third-order valence-corrected chi connectivity index (χ3v) is 7.23. The number of hydrogen-bond acceptors (Lipinski definition) is 3. The summed E-state index contributed by atoms with van der Waals surface area (Å²) in [7, 11) is 0. The number of nitrogens with two attached hydrogens (primary N) is 1. The Balaban J connectivity index is 0.00000150. The van der Waals surface area contributed by atoms with Crippen LogP contribution in [0.3, 0.4) is 0 Å². The molecule has 1 aliphatic heterocycles. The molecule has 2 saturated carbocycles. The molecule has 29 heavy (non-hydrogen) atoms. The van der Waals surface area contributed by atoms with Gasteiger partial charge in [-0.15, -0.1) is 24.8 Å². The van der Waals surface area contributed by atoms with Gasteiger partial charge in [0.1, 0.15) is 0 Å². The average Bonchev–Trinajstić information content (AvgIpc) is 2.88. The zero-order valence-corrected chi connectivity index (χ0v) is 19.4. The second kappa shape index (κ2) is 11.2. The van der Waals surface area contributed by atoms with Crippen molar-refractivity contribution in [3.63, 3.8) is 0 Å². The van der Waals surface area contributed by atoms with Crippen LogP contribution in [0.4, 0.5) is 0 Å². The topological polar surface area (TPSA) is 49.6 Å². The van der Waals surface area contributed by atoms with Crippen LogP contribution in [0.25, 0.3) is 0 Å². The molecular weight excluding hydrogens is 429 g/mol. The third kappa shape index (κ3) is 6.01. The van der Waals surface area contributed by atoms with E-state index in [1.54, 1.807) is 0 Å². The molecule has 1 aromatic carbocycles. The van der Waals surface area contributed by atoms with Gasteiger partial charge >= 0.3 is 0 Å². The number of halogens is 3. The number of amides is 1. The van der Waals surface area contributed by atoms with Crippen LogP contribution in [0.15, 0.2) is 24.3 Å². The van der Waals surface area contributed by atoms with Gasteiger partial charge in [0, 0.05) is 49.7 Å². The molecule has 1 aromatic rings. The van der Waals surface area contributed by atoms with Gasteiger partial charge in [-0.05, 0) is 61.6 Å². The first kappa shape index (κ1) is 24.7. The smallest absolute Gasteiger partial charge is 0.225 e. The van der Waals surface area contributed by atoms with Crippen molar-refractivity contribution in [3.05, 3.63) is 34.9 Å². The molecule has 2 aliphatic carbocycles. The van der Waals surface area contributed by atoms with E-state index < -0.39 is 0 Å². The summed E-state index contributed by atoms with van der Waals surface area (Å²) in [6.07, 6.45) is 6.82. The van der Waals surface area contributed by atoms with Crippen LogP contribution >= 0.6 is 36.4 Å². The van der Waals surface area contributed by atoms with Gasteiger partial charge in [0.2, 0.25) is 5.91 Å². The van der Waals surface area contributed by atoms with E-state index in [0.29, 0.717) is 23.8 Å². The predicted octanol–water partition coefficient (Wildman–Crippen LogP) is 4.37. The van der Waals surface area contributed by atoms with E-state index in [9.17, 15) is 4.79 Å². The van der Waals surface area contributed by atoms with Gasteiger partial charge in [0.05, 0.1) is 0 Å². The molecule has 3 aliphatic rings. The number of nitrogens with zero attached hydrogens (tertiary/aromatic N) is 2. The highest BCUT2D eigenvalue weighted by molar-refractivity contribution is 6.30. The van der Waals surface area contributed by atoms with E-state index in [2.05, 4.69) is 21.9 Å². The molecule has 1 amide bonds. The van der Waals surface area contributed by atoms with Gasteiger partial charge in [-0.2, -0.15) is 0 Å². The first-order valence-electron chi connectivity index (χ1n) is 10.6. The molecule has 2 N–H and O–H groups in total. The summed E-state index contributed by atoms with van der Waals surface area (Å²) in [4.78, 5) is 17.8. The van der Waals surface area contributed by atoms with Crippen LogP contribution in [-0.2, 0) is 11.3 Å². The van der Waals surface area contributed by atoms with Gasteiger partial charge in [-0.25, -0.2) is 0 Å². The maximum atomic E-state index is 13.2. The lowest BCUT2D eigenvalue weighted by molar-refractivity contribution is -0.138. The predicted molar refractivity (Wildman–Crippen MR) is 124 cm³/mol. The van der Waals surface area contributed by atoms with Crippen molar-refractivity contribution in [3.8, 4) is 0 Å². The summed E-state index contributed by atoms with van der Waals surface area (Å²) in [6, 6.07) is 8.44. The molecular formula is C22H34Cl3N3O. The van der Waals surface area contributed by atoms with Crippen LogP contribution in [0, 0.1) is 17.8 Å². The Morgan fingerprint density at radius 2 is 1.62 bits per heavy atom. The monoisotopic (exact) mass is 461 g/mol. The van der Waals surface area contributed by atoms with Crippen LogP contribution in [-0.4, -0.2) is 47.9 Å². The fraction of sp³-hybridized carbons (Fsp3) is 0.682. The highest BCUT2D eigenvalue weighted by Crippen LogP contribution is 2.42. The Bertz CT molecular complexity index is 643. The van der Waals surface area contributed by atoms with Crippen LogP contribution in [0.5, 0.6) is 0 Å². The molecule has 1 saturated heterocycles. The average molecular weight is 463 g/mol. The molecule has 164 valence electrons. The lowest BCUT2D eigenvalue weighted by Gasteiger charge is -2.44. The molecule has 3 fully saturated rings. The molecule has 2 unspecified atom stereocenters. The molecule has 7 heteroatoms. The maximum absolute atomic E-state index is 13.2. The van der Waals surface area contributed by atoms with Crippen LogP contribution < -0.4 is 5.73 Å². The first-order chi connectivity index (χ1) is 13.1. The number of fused-ring (bicyclic) bond motifs is 2. The minimum absolute atomic E-state index is 0. The Kier molecular flexibility index (Phi) is 9.56. The van der Waals surface area contributed by atoms with Gasteiger partial charge in [0.15, 0.2) is 0 Å². The standard InChI is InChI=1S/C22H32ClN3O.2ClH/c23-20-7-5-16(6-8-20)15-25-9-2-10-26(12-11-25)22(27)19-13-17-3-1-4-18(14-19)21(17)24;;/h5-8,17-19,21H,1-4,9-15,24H2;2*1H. The van der Waals surface area contributed by atoms with Crippen molar-refractivity contribution in [2.24, 2.45) is 23.5 Å². The number of rotatable bonds is 3. The number of carbonyl (C=O) groups excluding carboxylic acids is 1. The van der Waals surface area contributed by atoms with Crippen molar-refractivity contribution in [2.75, 3.05) is 26.2 Å². The van der Waals surface area contributed by atoms with Crippen LogP contribution in [0.1, 0.15) is 44.1 Å². The molecule has 0 radical (unpaired) electrons. The summed E-state index contributed by atoms with van der Waals surface area (Å²) >= 11 is 5.99. The van der Waals surface area contributed by atoms with Gasteiger partial charge in [-0.3, -0.25) is 9.69 Å². The van der Waals surface area contributed by atoms with Gasteiger partial charge in [-0.1, -0.05) is 30.2 Å². The number of carbonyl (C=O) groups is 1. The highest BCUT2D eigenvalue weighted by atomic mass is 35.5. The molecule has 0 aromatic heterocycles. The summed E-state index contributed by atoms with van der Waals surface area (Å²) in [5, 5.41) is 0.781. The maximum Gasteiger partial charge on any atom is 0.225 e. The summed E-state index contributed by atoms with van der Waals surface area (Å²) < 4.78 is 0. The Hall–Kier alpha value is -0.520. The molecule has 2 bridgehead atoms. The fourth-order valence-corrected chi connectivity index (χ4v) is 5.57. The minimum Gasteiger partial charge on any atom is -0.341 e. The number of benzene rings is 1. The van der Waals surface area contributed by atoms with E-state index in [1.807, 2.05) is 12.1 Å². The van der Waals surface area contributed by atoms with Crippen molar-refractivity contribution < 1.29 is 4.79 Å². The molecule has 4 nitrogen and oxygen atoms in total. The van der Waals surface area contributed by atoms with E-state index >= 15 is 0 Å². The van der Waals surface area contributed by atoms with Crippen molar-refractivity contribution >= 4 is 42.3 Å².